The van der Waals surface area contributed by atoms with Crippen LogP contribution in [0.15, 0.2) is 53.3 Å². The van der Waals surface area contributed by atoms with E-state index in [-0.39, 0.29) is 79.6 Å². The second kappa shape index (κ2) is 38.2. The monoisotopic (exact) mass is 1260 g/mol. The second-order valence-corrected chi connectivity index (χ2v) is 22.1. The van der Waals surface area contributed by atoms with E-state index in [1.54, 1.807) is 44.2 Å². The number of nitrogens with two attached hydrogens (primary N) is 1. The Balaban J connectivity index is 0.776. The molecule has 5 amide bonds. The normalized spacial score (nSPS) is 14.2. The number of hydrogen-bond donors (Lipinski definition) is 7. The average Bonchev–Trinajstić information content (AvgIpc) is 1.68. The van der Waals surface area contributed by atoms with Gasteiger partial charge in [-0.05, 0) is 124 Å². The van der Waals surface area contributed by atoms with Crippen LogP contribution in [0.1, 0.15) is 145 Å². The smallest absolute Gasteiger partial charge is 0.328 e. The van der Waals surface area contributed by atoms with Gasteiger partial charge in [0.15, 0.2) is 24.4 Å². The largest absolute Gasteiger partial charge is 0.493 e. The summed E-state index contributed by atoms with van der Waals surface area (Å²) >= 11 is 0. The summed E-state index contributed by atoms with van der Waals surface area (Å²) in [4.78, 5) is 127. The topological polar surface area (TPSA) is 360 Å². The van der Waals surface area contributed by atoms with Crippen LogP contribution in [0.3, 0.4) is 0 Å². The Labute approximate surface area is 524 Å². The number of aromatic nitrogens is 4. The van der Waals surface area contributed by atoms with Gasteiger partial charge in [0.25, 0.3) is 5.91 Å². The van der Waals surface area contributed by atoms with Crippen molar-refractivity contribution in [3.05, 3.63) is 75.7 Å². The Kier molecular flexibility index (Phi) is 29.3. The maximum Gasteiger partial charge on any atom is 0.328 e. The highest BCUT2D eigenvalue weighted by Crippen LogP contribution is 2.29. The highest BCUT2D eigenvalue weighted by Gasteiger charge is 2.32. The van der Waals surface area contributed by atoms with Crippen LogP contribution >= 0.6 is 0 Å². The van der Waals surface area contributed by atoms with Crippen LogP contribution in [0.25, 0.3) is 17.2 Å². The molecule has 492 valence electrons. The van der Waals surface area contributed by atoms with Gasteiger partial charge in [-0.2, -0.15) is 9.97 Å². The molecule has 0 aliphatic heterocycles. The summed E-state index contributed by atoms with van der Waals surface area (Å²) < 4.78 is 54.4. The molecule has 2 heterocycles. The number of hydrogen-bond acceptors (Lipinski definition) is 20. The molecular weight excluding hydrogens is 1170 g/mol. The van der Waals surface area contributed by atoms with Crippen LogP contribution < -0.4 is 52.2 Å². The highest BCUT2D eigenvalue weighted by molar-refractivity contribution is 5.96. The van der Waals surface area contributed by atoms with Crippen molar-refractivity contribution < 1.29 is 77.7 Å². The highest BCUT2D eigenvalue weighted by atomic mass is 16.6. The first kappa shape index (κ1) is 69.1. The molecule has 27 heteroatoms. The quantitative estimate of drug-likeness (QED) is 0.0139. The molecule has 27 nitrogen and oxygen atoms in total. The van der Waals surface area contributed by atoms with Gasteiger partial charge in [0.05, 0.1) is 59.7 Å². The van der Waals surface area contributed by atoms with Crippen LogP contribution in [0.2, 0.25) is 1.41 Å². The number of rotatable bonds is 40. The molecule has 2 atom stereocenters. The zero-order valence-electron chi connectivity index (χ0n) is 53.0. The Morgan fingerprint density at radius 2 is 1.41 bits per heavy atom. The third-order valence-corrected chi connectivity index (χ3v) is 14.6. The van der Waals surface area contributed by atoms with E-state index in [2.05, 4.69) is 36.2 Å². The number of anilines is 1. The van der Waals surface area contributed by atoms with Crippen molar-refractivity contribution in [3.63, 3.8) is 0 Å². The number of methoxy groups -OCH3 is 1. The molecule has 8 N–H and O–H groups in total. The van der Waals surface area contributed by atoms with Gasteiger partial charge in [-0.1, -0.05) is 45.4 Å². The minimum Gasteiger partial charge on any atom is -0.493 e. The van der Waals surface area contributed by atoms with E-state index in [0.717, 1.165) is 63.0 Å². The number of nitrogens with one attached hydrogen (secondary N) is 6. The Hall–Kier alpha value is -8.43. The fourth-order valence-corrected chi connectivity index (χ4v) is 9.64. The molecule has 2 aromatic heterocycles. The van der Waals surface area contributed by atoms with Gasteiger partial charge in [-0.3, -0.25) is 38.1 Å². The number of H-pyrrole nitrogens is 1. The van der Waals surface area contributed by atoms with Crippen molar-refractivity contribution in [1.29, 1.82) is 0 Å². The molecule has 0 unspecified atom stereocenters. The second-order valence-electron chi connectivity index (χ2n) is 22.1. The zero-order chi connectivity index (χ0) is 65.5. The van der Waals surface area contributed by atoms with Gasteiger partial charge >= 0.3 is 29.6 Å². The van der Waals surface area contributed by atoms with Crippen molar-refractivity contribution >= 4 is 70.5 Å². The van der Waals surface area contributed by atoms with Crippen molar-refractivity contribution in [3.8, 4) is 17.5 Å². The summed E-state index contributed by atoms with van der Waals surface area (Å²) in [6.07, 6.45) is 11.1. The summed E-state index contributed by atoms with van der Waals surface area (Å²) in [5.41, 5.74) is 8.04. The molecule has 6 rings (SSSR count). The predicted molar refractivity (Wildman–Crippen MR) is 330 cm³/mol. The predicted octanol–water partition coefficient (Wildman–Crippen LogP) is 4.51. The molecule has 2 fully saturated rings. The number of carbonyl (C=O) groups is 8. The van der Waals surface area contributed by atoms with E-state index < -0.39 is 65.9 Å². The summed E-state index contributed by atoms with van der Waals surface area (Å²) in [5.74, 6) is -5.06. The van der Waals surface area contributed by atoms with Gasteiger partial charge in [0.1, 0.15) is 29.8 Å². The number of nitrogens with zero attached hydrogens (tertiary/aromatic N) is 3. The van der Waals surface area contributed by atoms with Crippen LogP contribution in [0, 0.1) is 5.92 Å². The average molecular weight is 1260 g/mol. The molecule has 0 saturated heterocycles. The number of imidazole rings is 1. The number of aromatic amines is 1. The number of benzene rings is 2. The van der Waals surface area contributed by atoms with E-state index in [1.165, 1.54) is 29.9 Å². The maximum absolute atomic E-state index is 13.7. The van der Waals surface area contributed by atoms with E-state index in [4.69, 9.17) is 45.0 Å². The number of amides is 5. The molecule has 0 spiro atoms. The fourth-order valence-electron chi connectivity index (χ4n) is 9.64. The van der Waals surface area contributed by atoms with E-state index in [0.29, 0.717) is 113 Å². The molecule has 0 bridgehead atoms. The molecule has 2 aliphatic carbocycles. The van der Waals surface area contributed by atoms with Gasteiger partial charge in [0.2, 0.25) is 23.6 Å². The van der Waals surface area contributed by atoms with Crippen LogP contribution in [0.5, 0.6) is 17.5 Å². The number of unbranched alkanes of at least 4 members (excludes halogenated alkanes) is 1. The molecule has 2 aliphatic rings. The summed E-state index contributed by atoms with van der Waals surface area (Å²) in [7, 11) is 1.36. The number of carbonyl (C=O) groups excluding carboxylic acids is 8. The fraction of sp³-hybridized carbons (Fsp3) is 0.571. The Bertz CT molecular complexity index is 3130. The van der Waals surface area contributed by atoms with Gasteiger partial charge in [0, 0.05) is 50.8 Å². The summed E-state index contributed by atoms with van der Waals surface area (Å²) in [5, 5.41) is 11.1. The number of esters is 3. The summed E-state index contributed by atoms with van der Waals surface area (Å²) in [6, 6.07) is 8.96. The first-order chi connectivity index (χ1) is 43.9. The molecule has 0 radical (unpaired) electrons. The lowest BCUT2D eigenvalue weighted by Crippen LogP contribution is -2.55. The van der Waals surface area contributed by atoms with Crippen molar-refractivity contribution in [2.75, 3.05) is 78.7 Å². The van der Waals surface area contributed by atoms with Crippen molar-refractivity contribution in [2.45, 2.75) is 154 Å². The van der Waals surface area contributed by atoms with Crippen molar-refractivity contribution in [1.82, 2.24) is 46.1 Å². The van der Waals surface area contributed by atoms with E-state index in [9.17, 15) is 43.2 Å². The molecule has 2 saturated carbocycles. The van der Waals surface area contributed by atoms with E-state index >= 15 is 0 Å². The lowest BCUT2D eigenvalue weighted by molar-refractivity contribution is -0.154. The molecule has 4 aromatic rings. The lowest BCUT2D eigenvalue weighted by Gasteiger charge is -2.25. The third kappa shape index (κ3) is 24.5. The van der Waals surface area contributed by atoms with Gasteiger partial charge < -0.3 is 75.2 Å². The number of fused-ring (bicyclic) bond motifs is 1. The zero-order valence-corrected chi connectivity index (χ0v) is 52.0. The Morgan fingerprint density at radius 1 is 0.756 bits per heavy atom. The van der Waals surface area contributed by atoms with Gasteiger partial charge in [-0.25, -0.2) is 9.59 Å². The standard InChI is InChI=1S/C63H88N10O17/c1-5-6-33-87-62-71-57(64)56-58(72-62)73(63(82)70-56)40-43-17-21-44(22-18-43)59(79)66-30-12-32-85-35-37-86-36-34-84-31-11-29-65-50(74)26-28-54(78)90-48-24-19-42(38-49(48)83-4)20-25-51(75)67-39-52(76)69-55(41(2)3)60(80)68-47(61(81)89-46-15-9-10-16-46)23-27-53(77)88-45-13-7-8-14-45/h17-22,24-25,38,41,45-47,55H,5-16,23,26-37,39-40H2,1-4H3,(H,65,74)(H,66,79)(H,67,75)(H,68,80)(H,69,76)(H,70,82)(H2,64,71,72)/b25-20+/t47-,55-/m0/s1/i/hD. The maximum atomic E-state index is 13.7. The van der Waals surface area contributed by atoms with Crippen LogP contribution in [-0.4, -0.2) is 164 Å². The molecular formula is C63H88N10O17. The molecule has 90 heavy (non-hydrogen) atoms. The number of nitrogen functional groups attached to an aromatic ring is 1. The van der Waals surface area contributed by atoms with Crippen LogP contribution in [0.4, 0.5) is 5.82 Å². The van der Waals surface area contributed by atoms with Crippen molar-refractivity contribution in [2.24, 2.45) is 5.92 Å². The SMILES string of the molecule is [2H]N(C(=O)CNC(=O)/C=C/c1ccc(OC(=O)CCC(=O)NCCCOCCOCCOCCCNC(=O)c2ccc(Cn3c(=O)[nH]c4c(N)nc(OCCCC)nc43)cc2)c(OC)c1)[C@H](C(=O)N[C@@H](CCC(=O)OC1CCCC1)C(=O)OC1CCCC1)C(C)C. The minimum absolute atomic E-state index is 0.0825. The van der Waals surface area contributed by atoms with E-state index in [1.807, 2.05) is 6.92 Å². The molecule has 2 aromatic carbocycles. The minimum atomic E-state index is -1.36. The van der Waals surface area contributed by atoms with Crippen LogP contribution in [-0.2, 0) is 63.8 Å². The Morgan fingerprint density at radius 3 is 2.07 bits per heavy atom. The first-order valence-electron chi connectivity index (χ1n) is 31.5. The number of ether oxygens (including phenoxy) is 8. The third-order valence-electron chi connectivity index (χ3n) is 14.6. The first-order valence-corrected chi connectivity index (χ1v) is 31.0. The van der Waals surface area contributed by atoms with Gasteiger partial charge in [-0.15, -0.1) is 0 Å². The lowest BCUT2D eigenvalue weighted by atomic mass is 10.0. The summed E-state index contributed by atoms with van der Waals surface area (Å²) in [6.45, 7) is 8.24.